The summed E-state index contributed by atoms with van der Waals surface area (Å²) in [6, 6.07) is 5.38. The molecule has 0 saturated carbocycles. The van der Waals surface area contributed by atoms with Crippen LogP contribution in [0.3, 0.4) is 0 Å². The first-order chi connectivity index (χ1) is 11.7. The number of rotatable bonds is 9. The van der Waals surface area contributed by atoms with E-state index in [1.54, 1.807) is 29.8 Å². The minimum Gasteiger partial charge on any atom is -0.383 e. The van der Waals surface area contributed by atoms with E-state index in [0.29, 0.717) is 25.2 Å². The molecule has 2 aromatic rings. The fourth-order valence-electron chi connectivity index (χ4n) is 2.37. The van der Waals surface area contributed by atoms with Crippen molar-refractivity contribution in [3.8, 4) is 0 Å². The van der Waals surface area contributed by atoms with Crippen LogP contribution >= 0.6 is 0 Å². The van der Waals surface area contributed by atoms with Crippen molar-refractivity contribution < 1.29 is 14.3 Å². The molecule has 0 spiro atoms. The Hall–Kier alpha value is -2.41. The SMILES string of the molecule is CCCCCNC(=O)c1nc(C(=O)NCCOC)c2ccccn12. The quantitative estimate of drug-likeness (QED) is 0.684. The summed E-state index contributed by atoms with van der Waals surface area (Å²) < 4.78 is 6.56. The van der Waals surface area contributed by atoms with Crippen LogP contribution < -0.4 is 10.6 Å². The van der Waals surface area contributed by atoms with Gasteiger partial charge in [0.2, 0.25) is 5.82 Å². The van der Waals surface area contributed by atoms with E-state index in [0.717, 1.165) is 19.3 Å². The molecule has 0 aliphatic carbocycles. The van der Waals surface area contributed by atoms with Crippen LogP contribution in [0.25, 0.3) is 5.52 Å². The lowest BCUT2D eigenvalue weighted by molar-refractivity contribution is 0.0934. The van der Waals surface area contributed by atoms with Crippen LogP contribution in [0.1, 0.15) is 47.3 Å². The summed E-state index contributed by atoms with van der Waals surface area (Å²) in [4.78, 5) is 28.9. The number of carbonyl (C=O) groups is 2. The maximum atomic E-state index is 12.4. The van der Waals surface area contributed by atoms with Gasteiger partial charge in [0.1, 0.15) is 0 Å². The Balaban J connectivity index is 2.18. The largest absolute Gasteiger partial charge is 0.383 e. The molecule has 0 unspecified atom stereocenters. The monoisotopic (exact) mass is 332 g/mol. The van der Waals surface area contributed by atoms with Gasteiger partial charge in [-0.05, 0) is 18.6 Å². The molecule has 2 amide bonds. The van der Waals surface area contributed by atoms with Crippen LogP contribution in [-0.4, -0.2) is 48.0 Å². The van der Waals surface area contributed by atoms with Crippen LogP contribution in [0.5, 0.6) is 0 Å². The molecule has 2 rings (SSSR count). The number of hydrogen-bond donors (Lipinski definition) is 2. The van der Waals surface area contributed by atoms with E-state index in [-0.39, 0.29) is 23.3 Å². The zero-order valence-electron chi connectivity index (χ0n) is 14.2. The van der Waals surface area contributed by atoms with Gasteiger partial charge < -0.3 is 15.4 Å². The predicted molar refractivity (Wildman–Crippen MR) is 91.3 cm³/mol. The maximum Gasteiger partial charge on any atom is 0.287 e. The summed E-state index contributed by atoms with van der Waals surface area (Å²) in [6.45, 7) is 3.52. The van der Waals surface area contributed by atoms with E-state index in [2.05, 4.69) is 22.5 Å². The highest BCUT2D eigenvalue weighted by molar-refractivity contribution is 6.02. The molecule has 0 bridgehead atoms. The summed E-state index contributed by atoms with van der Waals surface area (Å²) in [5.41, 5.74) is 0.844. The van der Waals surface area contributed by atoms with Crippen molar-refractivity contribution in [2.24, 2.45) is 0 Å². The summed E-state index contributed by atoms with van der Waals surface area (Å²) in [6.07, 6.45) is 4.81. The van der Waals surface area contributed by atoms with Gasteiger partial charge >= 0.3 is 0 Å². The van der Waals surface area contributed by atoms with Gasteiger partial charge in [0.05, 0.1) is 12.1 Å². The van der Waals surface area contributed by atoms with Crippen molar-refractivity contribution in [3.63, 3.8) is 0 Å². The number of carbonyl (C=O) groups excluding carboxylic acids is 2. The van der Waals surface area contributed by atoms with Gasteiger partial charge in [0.15, 0.2) is 5.69 Å². The molecule has 0 saturated heterocycles. The molecule has 7 heteroatoms. The Morgan fingerprint density at radius 1 is 1.17 bits per heavy atom. The number of pyridine rings is 1. The molecule has 0 fully saturated rings. The Labute approximate surface area is 141 Å². The second-order valence-electron chi connectivity index (χ2n) is 5.45. The second-order valence-corrected chi connectivity index (χ2v) is 5.45. The summed E-state index contributed by atoms with van der Waals surface area (Å²) in [5, 5.41) is 5.59. The van der Waals surface area contributed by atoms with E-state index >= 15 is 0 Å². The number of ether oxygens (including phenoxy) is 1. The van der Waals surface area contributed by atoms with E-state index < -0.39 is 0 Å². The lowest BCUT2D eigenvalue weighted by Crippen LogP contribution is -2.28. The highest BCUT2D eigenvalue weighted by Crippen LogP contribution is 2.13. The van der Waals surface area contributed by atoms with E-state index in [1.165, 1.54) is 0 Å². The number of hydrogen-bond acceptors (Lipinski definition) is 4. The maximum absolute atomic E-state index is 12.4. The van der Waals surface area contributed by atoms with Crippen LogP contribution in [-0.2, 0) is 4.74 Å². The van der Waals surface area contributed by atoms with E-state index in [4.69, 9.17) is 4.74 Å². The molecular weight excluding hydrogens is 308 g/mol. The van der Waals surface area contributed by atoms with Gasteiger partial charge in [-0.2, -0.15) is 0 Å². The zero-order chi connectivity index (χ0) is 17.4. The number of unbranched alkanes of at least 4 members (excludes halogenated alkanes) is 2. The topological polar surface area (TPSA) is 84.7 Å². The number of nitrogens with one attached hydrogen (secondary N) is 2. The molecule has 2 heterocycles. The lowest BCUT2D eigenvalue weighted by Gasteiger charge is -2.03. The number of methoxy groups -OCH3 is 1. The van der Waals surface area contributed by atoms with Gasteiger partial charge in [0.25, 0.3) is 11.8 Å². The molecule has 24 heavy (non-hydrogen) atoms. The van der Waals surface area contributed by atoms with E-state index in [1.807, 2.05) is 6.07 Å². The van der Waals surface area contributed by atoms with Crippen LogP contribution in [0.4, 0.5) is 0 Å². The first-order valence-electron chi connectivity index (χ1n) is 8.21. The van der Waals surface area contributed by atoms with Crippen LogP contribution in [0.2, 0.25) is 0 Å². The fraction of sp³-hybridized carbons (Fsp3) is 0.471. The number of imidazole rings is 1. The molecule has 2 aromatic heterocycles. The molecule has 7 nitrogen and oxygen atoms in total. The Morgan fingerprint density at radius 2 is 1.96 bits per heavy atom. The molecule has 0 aliphatic heterocycles. The van der Waals surface area contributed by atoms with Crippen molar-refractivity contribution >= 4 is 17.3 Å². The van der Waals surface area contributed by atoms with Crippen LogP contribution in [0, 0.1) is 0 Å². The first kappa shape index (κ1) is 17.9. The average molecular weight is 332 g/mol. The van der Waals surface area contributed by atoms with Crippen LogP contribution in [0.15, 0.2) is 24.4 Å². The third-order valence-corrected chi connectivity index (χ3v) is 3.62. The Kier molecular flexibility index (Phi) is 6.74. The Bertz CT molecular complexity index is 696. The van der Waals surface area contributed by atoms with Crippen molar-refractivity contribution in [1.82, 2.24) is 20.0 Å². The standard InChI is InChI=1S/C17H24N4O3/c1-3-4-6-9-18-17(23)15-20-14(16(22)19-10-12-24-2)13-8-5-7-11-21(13)15/h5,7-8,11H,3-4,6,9-10,12H2,1-2H3,(H,18,23)(H,19,22). The van der Waals surface area contributed by atoms with Crippen molar-refractivity contribution in [2.75, 3.05) is 26.8 Å². The highest BCUT2D eigenvalue weighted by Gasteiger charge is 2.20. The van der Waals surface area contributed by atoms with Gasteiger partial charge in [-0.25, -0.2) is 4.98 Å². The lowest BCUT2D eigenvalue weighted by atomic mass is 10.2. The molecule has 0 radical (unpaired) electrons. The van der Waals surface area contributed by atoms with E-state index in [9.17, 15) is 9.59 Å². The van der Waals surface area contributed by atoms with Crippen molar-refractivity contribution in [2.45, 2.75) is 26.2 Å². The summed E-state index contributed by atoms with van der Waals surface area (Å²) in [5.74, 6) is -0.372. The first-order valence-corrected chi connectivity index (χ1v) is 8.21. The fourth-order valence-corrected chi connectivity index (χ4v) is 2.37. The molecule has 0 atom stereocenters. The van der Waals surface area contributed by atoms with Gasteiger partial charge in [0, 0.05) is 26.4 Å². The molecular formula is C17H24N4O3. The van der Waals surface area contributed by atoms with Gasteiger partial charge in [-0.15, -0.1) is 0 Å². The minimum absolute atomic E-state index is 0.221. The molecule has 2 N–H and O–H groups in total. The third-order valence-electron chi connectivity index (χ3n) is 3.62. The van der Waals surface area contributed by atoms with Gasteiger partial charge in [-0.3, -0.25) is 14.0 Å². The molecule has 0 aliphatic rings. The van der Waals surface area contributed by atoms with Crippen molar-refractivity contribution in [3.05, 3.63) is 35.9 Å². The van der Waals surface area contributed by atoms with Gasteiger partial charge in [-0.1, -0.05) is 25.8 Å². The number of amides is 2. The zero-order valence-corrected chi connectivity index (χ0v) is 14.2. The Morgan fingerprint density at radius 3 is 2.71 bits per heavy atom. The highest BCUT2D eigenvalue weighted by atomic mass is 16.5. The predicted octanol–water partition coefficient (Wildman–Crippen LogP) is 1.63. The normalized spacial score (nSPS) is 10.8. The average Bonchev–Trinajstić information content (AvgIpc) is 2.98. The second kappa shape index (κ2) is 9.02. The molecule has 130 valence electrons. The minimum atomic E-state index is -0.319. The smallest absolute Gasteiger partial charge is 0.287 e. The third kappa shape index (κ3) is 4.32. The summed E-state index contributed by atoms with van der Waals surface area (Å²) >= 11 is 0. The van der Waals surface area contributed by atoms with Crippen molar-refractivity contribution in [1.29, 1.82) is 0 Å². The molecule has 0 aromatic carbocycles. The number of aromatic nitrogens is 2. The number of fused-ring (bicyclic) bond motifs is 1. The number of nitrogens with zero attached hydrogens (tertiary/aromatic N) is 2. The summed E-state index contributed by atoms with van der Waals surface area (Å²) in [7, 11) is 1.57.